The van der Waals surface area contributed by atoms with Crippen LogP contribution in [0.25, 0.3) is 0 Å². The number of ether oxygens (including phenoxy) is 1. The van der Waals surface area contributed by atoms with Gasteiger partial charge < -0.3 is 14.2 Å². The third kappa shape index (κ3) is 3.59. The second-order valence-corrected chi connectivity index (χ2v) is 5.04. The normalized spacial score (nSPS) is 18.9. The van der Waals surface area contributed by atoms with E-state index in [0.29, 0.717) is 31.2 Å². The minimum Gasteiger partial charge on any atom is -0.466 e. The fourth-order valence-electron chi connectivity index (χ4n) is 2.42. The Bertz CT molecular complexity index is 483. The lowest BCUT2D eigenvalue weighted by atomic mass is 9.98. The summed E-state index contributed by atoms with van der Waals surface area (Å²) >= 11 is 0. The molecule has 1 saturated heterocycles. The number of likely N-dealkylation sites (tertiary alicyclic amines) is 1. The third-order valence-electron chi connectivity index (χ3n) is 3.40. The van der Waals surface area contributed by atoms with E-state index in [2.05, 4.69) is 5.16 Å². The zero-order chi connectivity index (χ0) is 14.5. The molecule has 0 N–H and O–H groups in total. The molecule has 6 heteroatoms. The Morgan fingerprint density at radius 2 is 2.35 bits per heavy atom. The largest absolute Gasteiger partial charge is 0.466 e. The van der Waals surface area contributed by atoms with Crippen molar-refractivity contribution in [3.05, 3.63) is 17.5 Å². The van der Waals surface area contributed by atoms with Crippen LogP contribution in [0, 0.1) is 12.8 Å². The third-order valence-corrected chi connectivity index (χ3v) is 3.40. The quantitative estimate of drug-likeness (QED) is 0.778. The highest BCUT2D eigenvalue weighted by molar-refractivity contribution is 5.80. The molecule has 6 nitrogen and oxygen atoms in total. The summed E-state index contributed by atoms with van der Waals surface area (Å²) in [7, 11) is 0. The predicted octanol–water partition coefficient (Wildman–Crippen LogP) is 1.33. The van der Waals surface area contributed by atoms with Crippen LogP contribution in [0.15, 0.2) is 10.6 Å². The molecule has 0 radical (unpaired) electrons. The molecule has 1 fully saturated rings. The molecule has 0 aliphatic carbocycles. The molecule has 2 heterocycles. The fourth-order valence-corrected chi connectivity index (χ4v) is 2.42. The summed E-state index contributed by atoms with van der Waals surface area (Å²) in [6, 6.07) is 1.75. The van der Waals surface area contributed by atoms with E-state index in [1.165, 1.54) is 0 Å². The minimum atomic E-state index is -0.206. The van der Waals surface area contributed by atoms with Crippen molar-refractivity contribution < 1.29 is 18.8 Å². The van der Waals surface area contributed by atoms with E-state index in [-0.39, 0.29) is 24.2 Å². The number of aromatic nitrogens is 1. The van der Waals surface area contributed by atoms with E-state index < -0.39 is 0 Å². The fraction of sp³-hybridized carbons (Fsp3) is 0.643. The van der Waals surface area contributed by atoms with Gasteiger partial charge in [0.05, 0.1) is 24.6 Å². The molecule has 1 aliphatic heterocycles. The molecule has 1 amide bonds. The van der Waals surface area contributed by atoms with Crippen molar-refractivity contribution in [3.63, 3.8) is 0 Å². The van der Waals surface area contributed by atoms with Crippen molar-refractivity contribution in [2.24, 2.45) is 5.92 Å². The number of hydrogen-bond donors (Lipinski definition) is 0. The highest BCUT2D eigenvalue weighted by atomic mass is 16.5. The molecule has 0 bridgehead atoms. The number of hydrogen-bond acceptors (Lipinski definition) is 5. The molecule has 20 heavy (non-hydrogen) atoms. The van der Waals surface area contributed by atoms with E-state index in [9.17, 15) is 9.59 Å². The SMILES string of the molecule is CCOC(=O)C1CCCN(C(=O)Cc2cc(C)on2)C1. The molecule has 1 aromatic heterocycles. The van der Waals surface area contributed by atoms with Gasteiger partial charge in [0, 0.05) is 19.2 Å². The van der Waals surface area contributed by atoms with Gasteiger partial charge in [0.1, 0.15) is 5.76 Å². The first-order valence-electron chi connectivity index (χ1n) is 6.96. The molecular weight excluding hydrogens is 260 g/mol. The number of piperidine rings is 1. The van der Waals surface area contributed by atoms with Gasteiger partial charge in [-0.15, -0.1) is 0 Å². The van der Waals surface area contributed by atoms with Crippen LogP contribution < -0.4 is 0 Å². The average Bonchev–Trinajstić information content (AvgIpc) is 2.84. The van der Waals surface area contributed by atoms with Crippen LogP contribution in [0.1, 0.15) is 31.2 Å². The highest BCUT2D eigenvalue weighted by Crippen LogP contribution is 2.19. The summed E-state index contributed by atoms with van der Waals surface area (Å²) in [6.07, 6.45) is 1.83. The second-order valence-electron chi connectivity index (χ2n) is 5.04. The molecule has 0 aromatic carbocycles. The molecule has 1 unspecified atom stereocenters. The molecular formula is C14H20N2O4. The van der Waals surface area contributed by atoms with Gasteiger partial charge in [-0.2, -0.15) is 0 Å². The smallest absolute Gasteiger partial charge is 0.310 e. The number of esters is 1. The summed E-state index contributed by atoms with van der Waals surface area (Å²) in [5, 5.41) is 3.82. The van der Waals surface area contributed by atoms with Gasteiger partial charge in [0.2, 0.25) is 5.91 Å². The summed E-state index contributed by atoms with van der Waals surface area (Å²) in [5.41, 5.74) is 0.630. The predicted molar refractivity (Wildman–Crippen MR) is 70.9 cm³/mol. The molecule has 0 saturated carbocycles. The van der Waals surface area contributed by atoms with Crippen LogP contribution in [0.3, 0.4) is 0 Å². The Balaban J connectivity index is 1.91. The first kappa shape index (κ1) is 14.6. The van der Waals surface area contributed by atoms with Crippen LogP contribution in [0.5, 0.6) is 0 Å². The van der Waals surface area contributed by atoms with E-state index in [1.54, 1.807) is 24.8 Å². The Morgan fingerprint density at radius 1 is 1.55 bits per heavy atom. The first-order valence-corrected chi connectivity index (χ1v) is 6.96. The highest BCUT2D eigenvalue weighted by Gasteiger charge is 2.29. The Morgan fingerprint density at radius 3 is 3.00 bits per heavy atom. The van der Waals surface area contributed by atoms with E-state index in [1.807, 2.05) is 0 Å². The van der Waals surface area contributed by atoms with Gasteiger partial charge in [0.15, 0.2) is 0 Å². The zero-order valence-corrected chi connectivity index (χ0v) is 11.9. The van der Waals surface area contributed by atoms with Crippen molar-refractivity contribution in [1.29, 1.82) is 0 Å². The van der Waals surface area contributed by atoms with E-state index in [0.717, 1.165) is 12.8 Å². The van der Waals surface area contributed by atoms with Crippen LogP contribution >= 0.6 is 0 Å². The van der Waals surface area contributed by atoms with Crippen LogP contribution in [0.2, 0.25) is 0 Å². The molecule has 1 aromatic rings. The van der Waals surface area contributed by atoms with Gasteiger partial charge in [-0.3, -0.25) is 9.59 Å². The van der Waals surface area contributed by atoms with E-state index >= 15 is 0 Å². The molecule has 2 rings (SSSR count). The Kier molecular flexibility index (Phi) is 4.76. The van der Waals surface area contributed by atoms with Gasteiger partial charge in [-0.05, 0) is 26.7 Å². The summed E-state index contributed by atoms with van der Waals surface area (Å²) in [6.45, 7) is 5.08. The zero-order valence-electron chi connectivity index (χ0n) is 11.9. The van der Waals surface area contributed by atoms with Crippen molar-refractivity contribution in [2.75, 3.05) is 19.7 Å². The van der Waals surface area contributed by atoms with E-state index in [4.69, 9.17) is 9.26 Å². The van der Waals surface area contributed by atoms with Gasteiger partial charge in [0.25, 0.3) is 0 Å². The van der Waals surface area contributed by atoms with Gasteiger partial charge >= 0.3 is 5.97 Å². The number of rotatable bonds is 4. The number of nitrogens with zero attached hydrogens (tertiary/aromatic N) is 2. The molecule has 110 valence electrons. The number of carbonyl (C=O) groups excluding carboxylic acids is 2. The van der Waals surface area contributed by atoms with Crippen LogP contribution in [-0.4, -0.2) is 41.6 Å². The maximum Gasteiger partial charge on any atom is 0.310 e. The number of amides is 1. The summed E-state index contributed by atoms with van der Waals surface area (Å²) in [4.78, 5) is 25.7. The van der Waals surface area contributed by atoms with Crippen molar-refractivity contribution in [1.82, 2.24) is 10.1 Å². The second kappa shape index (κ2) is 6.54. The Hall–Kier alpha value is -1.85. The van der Waals surface area contributed by atoms with Crippen LogP contribution in [0.4, 0.5) is 0 Å². The number of carbonyl (C=O) groups is 2. The van der Waals surface area contributed by atoms with Gasteiger partial charge in [-0.25, -0.2) is 0 Å². The summed E-state index contributed by atoms with van der Waals surface area (Å²) in [5.74, 6) is 0.261. The molecule has 0 spiro atoms. The lowest BCUT2D eigenvalue weighted by Crippen LogP contribution is -2.43. The monoisotopic (exact) mass is 280 g/mol. The van der Waals surface area contributed by atoms with Gasteiger partial charge in [-0.1, -0.05) is 5.16 Å². The number of aryl methyl sites for hydroxylation is 1. The average molecular weight is 280 g/mol. The summed E-state index contributed by atoms with van der Waals surface area (Å²) < 4.78 is 9.98. The first-order chi connectivity index (χ1) is 9.60. The minimum absolute atomic E-state index is 0.0210. The van der Waals surface area contributed by atoms with Crippen molar-refractivity contribution in [2.45, 2.75) is 33.1 Å². The lowest BCUT2D eigenvalue weighted by Gasteiger charge is -2.31. The van der Waals surface area contributed by atoms with Crippen LogP contribution in [-0.2, 0) is 20.7 Å². The van der Waals surface area contributed by atoms with Crippen molar-refractivity contribution in [3.8, 4) is 0 Å². The Labute approximate surface area is 118 Å². The topological polar surface area (TPSA) is 72.6 Å². The lowest BCUT2D eigenvalue weighted by molar-refractivity contribution is -0.151. The maximum atomic E-state index is 12.2. The standard InChI is InChI=1S/C14H20N2O4/c1-3-19-14(18)11-5-4-6-16(9-11)13(17)8-12-7-10(2)20-15-12/h7,11H,3-6,8-9H2,1-2H3. The molecule has 1 atom stereocenters. The maximum absolute atomic E-state index is 12.2. The molecule has 1 aliphatic rings. The van der Waals surface area contributed by atoms with Crippen molar-refractivity contribution >= 4 is 11.9 Å².